The molecule has 2 aliphatic rings. The number of hydrogen-bond donors (Lipinski definition) is 3. The molecule has 0 radical (unpaired) electrons. The van der Waals surface area contributed by atoms with Crippen molar-refractivity contribution in [3.05, 3.63) is 52.0 Å². The number of rotatable bonds is 13. The summed E-state index contributed by atoms with van der Waals surface area (Å²) < 4.78 is 5.58. The molecule has 3 amide bonds. The van der Waals surface area contributed by atoms with Gasteiger partial charge in [-0.25, -0.2) is 9.78 Å². The van der Waals surface area contributed by atoms with Crippen LogP contribution >= 0.6 is 23.2 Å². The Morgan fingerprint density at radius 1 is 1.09 bits per heavy atom. The van der Waals surface area contributed by atoms with Crippen molar-refractivity contribution in [3.63, 3.8) is 0 Å². The number of hydrogen-bond acceptors (Lipinski definition) is 5. The molecule has 236 valence electrons. The summed E-state index contributed by atoms with van der Waals surface area (Å²) in [5.74, 6) is -0.00251. The van der Waals surface area contributed by atoms with Crippen molar-refractivity contribution in [1.29, 1.82) is 0 Å². The molecule has 11 heteroatoms. The van der Waals surface area contributed by atoms with Crippen molar-refractivity contribution in [3.8, 4) is 0 Å². The van der Waals surface area contributed by atoms with Crippen LogP contribution in [0.4, 0.5) is 4.79 Å². The van der Waals surface area contributed by atoms with Gasteiger partial charge < -0.3 is 25.3 Å². The molecule has 1 unspecified atom stereocenters. The van der Waals surface area contributed by atoms with Crippen LogP contribution in [0.15, 0.2) is 30.7 Å². The SMILES string of the molecule is CCOC(=O)C1(C2CCCCC2)CCN(C(=O)C(Cc2ccc(Cl)c(Cl)c2)NC(=O)NCCCCCc2c[nH]cn2)CC1. The fraction of sp³-hybridized carbons (Fsp3) is 0.625. The molecule has 1 aromatic heterocycles. The second-order valence-electron chi connectivity index (χ2n) is 11.8. The lowest BCUT2D eigenvalue weighted by molar-refractivity contribution is -0.166. The summed E-state index contributed by atoms with van der Waals surface area (Å²) in [6.07, 6.45) is 14.2. The minimum atomic E-state index is -0.790. The summed E-state index contributed by atoms with van der Waals surface area (Å²) in [4.78, 5) is 49.1. The number of aryl methyl sites for hydroxylation is 1. The zero-order chi connectivity index (χ0) is 30.7. The van der Waals surface area contributed by atoms with E-state index in [1.165, 1.54) is 6.42 Å². The second kappa shape index (κ2) is 16.3. The number of unbranched alkanes of at least 4 members (excludes halogenated alkanes) is 2. The summed E-state index contributed by atoms with van der Waals surface area (Å²) in [6.45, 7) is 3.60. The van der Waals surface area contributed by atoms with Crippen LogP contribution in [-0.2, 0) is 27.2 Å². The standard InChI is InChI=1S/C32H45Cl2N5O4/c1-2-43-30(41)32(24-9-5-3-6-10-24)14-17-39(18-15-32)29(40)28(20-23-12-13-26(33)27(34)19-23)38-31(42)36-16-8-4-7-11-25-21-35-22-37-25/h12-13,19,21-22,24,28H,2-11,14-18,20H2,1H3,(H,35,37)(H2,36,38,42). The van der Waals surface area contributed by atoms with Crippen molar-refractivity contribution < 1.29 is 19.1 Å². The Labute approximate surface area is 264 Å². The maximum absolute atomic E-state index is 13.9. The van der Waals surface area contributed by atoms with Crippen LogP contribution in [0.2, 0.25) is 10.0 Å². The molecule has 1 saturated heterocycles. The Balaban J connectivity index is 1.37. The highest BCUT2D eigenvalue weighted by atomic mass is 35.5. The molecule has 1 saturated carbocycles. The van der Waals surface area contributed by atoms with E-state index in [9.17, 15) is 14.4 Å². The third-order valence-corrected chi connectivity index (χ3v) is 9.75. The van der Waals surface area contributed by atoms with Crippen LogP contribution in [0, 0.1) is 11.3 Å². The topological polar surface area (TPSA) is 116 Å². The van der Waals surface area contributed by atoms with Crippen LogP contribution in [0.1, 0.15) is 82.4 Å². The second-order valence-corrected chi connectivity index (χ2v) is 12.6. The monoisotopic (exact) mass is 633 g/mol. The molecule has 0 bridgehead atoms. The van der Waals surface area contributed by atoms with Crippen LogP contribution in [0.25, 0.3) is 0 Å². The lowest BCUT2D eigenvalue weighted by Crippen LogP contribution is -2.56. The number of imidazole rings is 1. The number of amides is 3. The molecule has 1 atom stereocenters. The summed E-state index contributed by atoms with van der Waals surface area (Å²) in [6, 6.07) is 4.07. The highest BCUT2D eigenvalue weighted by molar-refractivity contribution is 6.42. The van der Waals surface area contributed by atoms with E-state index in [2.05, 4.69) is 20.6 Å². The molecule has 1 aliphatic heterocycles. The van der Waals surface area contributed by atoms with Gasteiger partial charge in [-0.3, -0.25) is 9.59 Å². The highest BCUT2D eigenvalue weighted by Crippen LogP contribution is 2.47. The van der Waals surface area contributed by atoms with Crippen LogP contribution < -0.4 is 10.6 Å². The van der Waals surface area contributed by atoms with Gasteiger partial charge >= 0.3 is 12.0 Å². The van der Waals surface area contributed by atoms with Gasteiger partial charge in [0, 0.05) is 32.3 Å². The van der Waals surface area contributed by atoms with Crippen molar-refractivity contribution in [2.45, 2.75) is 90.0 Å². The Kier molecular flexibility index (Phi) is 12.6. The maximum Gasteiger partial charge on any atom is 0.315 e. The zero-order valence-corrected chi connectivity index (χ0v) is 26.7. The van der Waals surface area contributed by atoms with E-state index >= 15 is 0 Å². The van der Waals surface area contributed by atoms with Gasteiger partial charge in [-0.15, -0.1) is 0 Å². The number of carbonyl (C=O) groups is 3. The van der Waals surface area contributed by atoms with E-state index in [1.54, 1.807) is 23.4 Å². The average Bonchev–Trinajstić information content (AvgIpc) is 3.54. The molecular weight excluding hydrogens is 589 g/mol. The summed E-state index contributed by atoms with van der Waals surface area (Å²) in [5, 5.41) is 6.65. The molecule has 4 rings (SSSR count). The zero-order valence-electron chi connectivity index (χ0n) is 25.1. The van der Waals surface area contributed by atoms with E-state index < -0.39 is 11.5 Å². The first-order valence-electron chi connectivity index (χ1n) is 15.7. The number of urea groups is 1. The molecule has 1 aromatic carbocycles. The van der Waals surface area contributed by atoms with Crippen molar-refractivity contribution in [2.75, 3.05) is 26.2 Å². The van der Waals surface area contributed by atoms with Gasteiger partial charge in [0.15, 0.2) is 0 Å². The van der Waals surface area contributed by atoms with E-state index in [1.807, 2.05) is 19.2 Å². The fourth-order valence-corrected chi connectivity index (χ4v) is 6.93. The van der Waals surface area contributed by atoms with Gasteiger partial charge in [0.25, 0.3) is 0 Å². The van der Waals surface area contributed by atoms with E-state index in [0.717, 1.165) is 62.6 Å². The largest absolute Gasteiger partial charge is 0.466 e. The van der Waals surface area contributed by atoms with Gasteiger partial charge in [-0.1, -0.05) is 55.0 Å². The molecule has 0 spiro atoms. The molecular formula is C32H45Cl2N5O4. The third-order valence-electron chi connectivity index (χ3n) is 9.01. The first-order valence-corrected chi connectivity index (χ1v) is 16.5. The number of piperidine rings is 1. The van der Waals surface area contributed by atoms with Crippen molar-refractivity contribution >= 4 is 41.1 Å². The number of halogens is 2. The Morgan fingerprint density at radius 2 is 1.86 bits per heavy atom. The summed E-state index contributed by atoms with van der Waals surface area (Å²) in [5.41, 5.74) is 1.28. The average molecular weight is 635 g/mol. The first-order chi connectivity index (χ1) is 20.8. The van der Waals surface area contributed by atoms with Crippen molar-refractivity contribution in [2.24, 2.45) is 11.3 Å². The number of ether oxygens (including phenoxy) is 1. The Hall–Kier alpha value is -2.78. The van der Waals surface area contributed by atoms with Crippen LogP contribution in [0.5, 0.6) is 0 Å². The molecule has 43 heavy (non-hydrogen) atoms. The van der Waals surface area contributed by atoms with E-state index in [4.69, 9.17) is 27.9 Å². The van der Waals surface area contributed by atoms with Gasteiger partial charge in [-0.05, 0) is 75.5 Å². The number of likely N-dealkylation sites (tertiary alicyclic amines) is 1. The highest BCUT2D eigenvalue weighted by Gasteiger charge is 2.49. The fourth-order valence-electron chi connectivity index (χ4n) is 6.60. The normalized spacial score (nSPS) is 17.7. The number of H-pyrrole nitrogens is 1. The van der Waals surface area contributed by atoms with Crippen LogP contribution in [0.3, 0.4) is 0 Å². The van der Waals surface area contributed by atoms with Gasteiger partial charge in [-0.2, -0.15) is 0 Å². The Bertz CT molecular complexity index is 1190. The number of carbonyl (C=O) groups excluding carboxylic acids is 3. The predicted octanol–water partition coefficient (Wildman–Crippen LogP) is 6.09. The molecule has 2 aromatic rings. The maximum atomic E-state index is 13.9. The molecule has 3 N–H and O–H groups in total. The number of aromatic amines is 1. The van der Waals surface area contributed by atoms with Gasteiger partial charge in [0.05, 0.1) is 34.1 Å². The molecule has 2 heterocycles. The van der Waals surface area contributed by atoms with Gasteiger partial charge in [0.1, 0.15) is 6.04 Å². The van der Waals surface area contributed by atoms with E-state index in [0.29, 0.717) is 49.1 Å². The minimum Gasteiger partial charge on any atom is -0.466 e. The lowest BCUT2D eigenvalue weighted by Gasteiger charge is -2.46. The van der Waals surface area contributed by atoms with Crippen molar-refractivity contribution in [1.82, 2.24) is 25.5 Å². The number of aromatic nitrogens is 2. The third kappa shape index (κ3) is 9.11. The molecule has 1 aliphatic carbocycles. The molecule has 9 nitrogen and oxygen atoms in total. The smallest absolute Gasteiger partial charge is 0.315 e. The molecule has 2 fully saturated rings. The van der Waals surface area contributed by atoms with Gasteiger partial charge in [0.2, 0.25) is 5.91 Å². The quantitative estimate of drug-likeness (QED) is 0.182. The van der Waals surface area contributed by atoms with Crippen LogP contribution in [-0.4, -0.2) is 65.1 Å². The summed E-state index contributed by atoms with van der Waals surface area (Å²) in [7, 11) is 0. The first kappa shape index (κ1) is 33.1. The summed E-state index contributed by atoms with van der Waals surface area (Å²) >= 11 is 12.4. The van der Waals surface area contributed by atoms with E-state index in [-0.39, 0.29) is 30.2 Å². The predicted molar refractivity (Wildman–Crippen MR) is 168 cm³/mol. The number of nitrogens with one attached hydrogen (secondary N) is 3. The number of esters is 1. The number of nitrogens with zero attached hydrogens (tertiary/aromatic N) is 2. The number of benzene rings is 1. The minimum absolute atomic E-state index is 0.122. The Morgan fingerprint density at radius 3 is 2.53 bits per heavy atom. The lowest BCUT2D eigenvalue weighted by atomic mass is 9.63.